The molecule has 2 rings (SSSR count). The first-order valence-electron chi connectivity index (χ1n) is 3.97. The van der Waals surface area contributed by atoms with E-state index in [0.717, 1.165) is 23.3 Å². The highest BCUT2D eigenvalue weighted by Crippen LogP contribution is 2.05. The molecule has 0 amide bonds. The fraction of sp³-hybridized carbons (Fsp3) is 0.222. The Kier molecular flexibility index (Phi) is 1.70. The third-order valence-electron chi connectivity index (χ3n) is 1.75. The summed E-state index contributed by atoms with van der Waals surface area (Å²) in [4.78, 5) is 12.6. The Balaban J connectivity index is 2.67. The van der Waals surface area contributed by atoms with Gasteiger partial charge in [0.25, 0.3) is 0 Å². The molecule has 3 nitrogen and oxygen atoms in total. The molecule has 60 valence electrons. The van der Waals surface area contributed by atoms with Crippen LogP contribution < -0.4 is 0 Å². The fourth-order valence-electron chi connectivity index (χ4n) is 1.09. The van der Waals surface area contributed by atoms with E-state index in [2.05, 4.69) is 21.9 Å². The van der Waals surface area contributed by atoms with Crippen molar-refractivity contribution in [1.82, 2.24) is 15.0 Å². The highest BCUT2D eigenvalue weighted by atomic mass is 14.9. The van der Waals surface area contributed by atoms with Crippen molar-refractivity contribution in [2.75, 3.05) is 0 Å². The van der Waals surface area contributed by atoms with Crippen LogP contribution in [0.4, 0.5) is 0 Å². The number of nitrogens with zero attached hydrogens (tertiary/aromatic N) is 3. The van der Waals surface area contributed by atoms with Crippen molar-refractivity contribution in [1.29, 1.82) is 0 Å². The summed E-state index contributed by atoms with van der Waals surface area (Å²) in [5.74, 6) is 0. The lowest BCUT2D eigenvalue weighted by atomic mass is 10.3. The van der Waals surface area contributed by atoms with Gasteiger partial charge in [0.05, 0.1) is 0 Å². The maximum Gasteiger partial charge on any atom is 0.178 e. The van der Waals surface area contributed by atoms with Gasteiger partial charge in [0.2, 0.25) is 0 Å². The lowest BCUT2D eigenvalue weighted by Crippen LogP contribution is -1.90. The van der Waals surface area contributed by atoms with Crippen LogP contribution in [0.2, 0.25) is 0 Å². The molecule has 0 aliphatic heterocycles. The normalized spacial score (nSPS) is 10.4. The van der Waals surface area contributed by atoms with Crippen LogP contribution in [0, 0.1) is 0 Å². The summed E-state index contributed by atoms with van der Waals surface area (Å²) in [6.45, 7) is 2.07. The van der Waals surface area contributed by atoms with Crippen LogP contribution in [-0.2, 0) is 6.42 Å². The molecule has 2 aromatic heterocycles. The molecule has 0 saturated heterocycles. The van der Waals surface area contributed by atoms with Gasteiger partial charge < -0.3 is 0 Å². The summed E-state index contributed by atoms with van der Waals surface area (Å²) >= 11 is 0. The van der Waals surface area contributed by atoms with Crippen molar-refractivity contribution in [3.63, 3.8) is 0 Å². The smallest absolute Gasteiger partial charge is 0.178 e. The number of pyridine rings is 1. The largest absolute Gasteiger partial charge is 0.251 e. The molecule has 0 aliphatic carbocycles. The molecule has 0 unspecified atom stereocenters. The van der Waals surface area contributed by atoms with E-state index >= 15 is 0 Å². The van der Waals surface area contributed by atoms with Crippen LogP contribution in [0.25, 0.3) is 11.2 Å². The van der Waals surface area contributed by atoms with E-state index in [4.69, 9.17) is 0 Å². The van der Waals surface area contributed by atoms with Crippen LogP contribution >= 0.6 is 0 Å². The minimum atomic E-state index is 0.733. The number of fused-ring (bicyclic) bond motifs is 1. The average Bonchev–Trinajstić information content (AvgIpc) is 2.17. The second-order valence-electron chi connectivity index (χ2n) is 2.56. The minimum Gasteiger partial charge on any atom is -0.251 e. The second kappa shape index (κ2) is 2.85. The summed E-state index contributed by atoms with van der Waals surface area (Å²) in [7, 11) is 0. The molecule has 0 bridgehead atoms. The number of rotatable bonds is 1. The molecule has 0 radical (unpaired) electrons. The zero-order valence-corrected chi connectivity index (χ0v) is 6.86. The Hall–Kier alpha value is -1.51. The van der Waals surface area contributed by atoms with Gasteiger partial charge in [-0.3, -0.25) is 4.98 Å². The Morgan fingerprint density at radius 1 is 1.17 bits per heavy atom. The highest BCUT2D eigenvalue weighted by Gasteiger charge is 1.96. The van der Waals surface area contributed by atoms with Gasteiger partial charge in [-0.05, 0) is 18.6 Å². The van der Waals surface area contributed by atoms with Crippen LogP contribution in [0.5, 0.6) is 0 Å². The minimum absolute atomic E-state index is 0.733. The predicted molar refractivity (Wildman–Crippen MR) is 46.7 cm³/mol. The zero-order valence-electron chi connectivity index (χ0n) is 6.86. The lowest BCUT2D eigenvalue weighted by molar-refractivity contribution is 1.04. The number of aromatic nitrogens is 3. The van der Waals surface area contributed by atoms with Gasteiger partial charge in [0, 0.05) is 18.1 Å². The Morgan fingerprint density at radius 2 is 2.00 bits per heavy atom. The molecule has 0 spiro atoms. The van der Waals surface area contributed by atoms with Gasteiger partial charge in [0.1, 0.15) is 5.52 Å². The van der Waals surface area contributed by atoms with Crippen LogP contribution in [0.1, 0.15) is 12.6 Å². The monoisotopic (exact) mass is 159 g/mol. The average molecular weight is 159 g/mol. The number of hydrogen-bond acceptors (Lipinski definition) is 3. The third-order valence-corrected chi connectivity index (χ3v) is 1.75. The van der Waals surface area contributed by atoms with Gasteiger partial charge in [0.15, 0.2) is 5.65 Å². The van der Waals surface area contributed by atoms with Crippen molar-refractivity contribution in [3.05, 3.63) is 30.2 Å². The Morgan fingerprint density at radius 3 is 2.83 bits per heavy atom. The zero-order chi connectivity index (χ0) is 8.39. The molecule has 0 aliphatic rings. The van der Waals surface area contributed by atoms with Crippen molar-refractivity contribution in [3.8, 4) is 0 Å². The van der Waals surface area contributed by atoms with E-state index in [0.29, 0.717) is 0 Å². The first-order chi connectivity index (χ1) is 5.90. The maximum absolute atomic E-state index is 4.32. The molecule has 2 aromatic rings. The standard InChI is InChI=1S/C9H9N3/c1-2-7-3-4-8-9(12-7)11-6-5-10-8/h3-6H,2H2,1H3. The molecule has 0 saturated carbocycles. The van der Waals surface area contributed by atoms with E-state index in [1.165, 1.54) is 0 Å². The number of aryl methyl sites for hydroxylation is 1. The van der Waals surface area contributed by atoms with Crippen LogP contribution in [0.3, 0.4) is 0 Å². The van der Waals surface area contributed by atoms with Crippen molar-refractivity contribution in [2.24, 2.45) is 0 Å². The fourth-order valence-corrected chi connectivity index (χ4v) is 1.09. The summed E-state index contributed by atoms with van der Waals surface area (Å²) in [6.07, 6.45) is 4.27. The topological polar surface area (TPSA) is 38.7 Å². The van der Waals surface area contributed by atoms with Gasteiger partial charge in [-0.2, -0.15) is 0 Å². The van der Waals surface area contributed by atoms with Crippen molar-refractivity contribution in [2.45, 2.75) is 13.3 Å². The Bertz CT molecular complexity index is 398. The summed E-state index contributed by atoms with van der Waals surface area (Å²) in [5.41, 5.74) is 2.65. The molecule has 0 fully saturated rings. The predicted octanol–water partition coefficient (Wildman–Crippen LogP) is 1.59. The first kappa shape index (κ1) is 7.16. The third kappa shape index (κ3) is 1.13. The van der Waals surface area contributed by atoms with Gasteiger partial charge in [-0.1, -0.05) is 6.92 Å². The van der Waals surface area contributed by atoms with Gasteiger partial charge >= 0.3 is 0 Å². The quantitative estimate of drug-likeness (QED) is 0.634. The molecular weight excluding hydrogens is 150 g/mol. The number of hydrogen-bond donors (Lipinski definition) is 0. The SMILES string of the molecule is CCc1ccc2nccnc2n1. The Labute approximate surface area is 70.5 Å². The van der Waals surface area contributed by atoms with E-state index in [1.54, 1.807) is 12.4 Å². The van der Waals surface area contributed by atoms with E-state index in [9.17, 15) is 0 Å². The van der Waals surface area contributed by atoms with Crippen molar-refractivity contribution >= 4 is 11.2 Å². The van der Waals surface area contributed by atoms with E-state index in [1.807, 2.05) is 12.1 Å². The molecule has 0 N–H and O–H groups in total. The van der Waals surface area contributed by atoms with Gasteiger partial charge in [-0.25, -0.2) is 9.97 Å². The van der Waals surface area contributed by atoms with Gasteiger partial charge in [-0.15, -0.1) is 0 Å². The van der Waals surface area contributed by atoms with E-state index in [-0.39, 0.29) is 0 Å². The lowest BCUT2D eigenvalue weighted by Gasteiger charge is -1.96. The summed E-state index contributed by atoms with van der Waals surface area (Å²) in [5, 5.41) is 0. The van der Waals surface area contributed by atoms with Crippen LogP contribution in [0.15, 0.2) is 24.5 Å². The van der Waals surface area contributed by atoms with Crippen molar-refractivity contribution < 1.29 is 0 Å². The second-order valence-corrected chi connectivity index (χ2v) is 2.56. The molecular formula is C9H9N3. The molecule has 12 heavy (non-hydrogen) atoms. The molecule has 3 heteroatoms. The molecule has 0 aromatic carbocycles. The van der Waals surface area contributed by atoms with Crippen LogP contribution in [-0.4, -0.2) is 15.0 Å². The summed E-state index contributed by atoms with van der Waals surface area (Å²) < 4.78 is 0. The first-order valence-corrected chi connectivity index (χ1v) is 3.97. The summed E-state index contributed by atoms with van der Waals surface area (Å²) in [6, 6.07) is 3.94. The van der Waals surface area contributed by atoms with E-state index < -0.39 is 0 Å². The molecule has 2 heterocycles. The maximum atomic E-state index is 4.32. The molecule has 0 atom stereocenters. The highest BCUT2D eigenvalue weighted by molar-refractivity contribution is 5.68.